The molecular weight excluding hydrogens is 306 g/mol. The van der Waals surface area contributed by atoms with E-state index in [9.17, 15) is 9.59 Å². The van der Waals surface area contributed by atoms with E-state index in [-0.39, 0.29) is 23.6 Å². The third-order valence-corrected chi connectivity index (χ3v) is 4.70. The molecule has 0 unspecified atom stereocenters. The minimum absolute atomic E-state index is 0.0365. The topological polar surface area (TPSA) is 74.4 Å². The van der Waals surface area contributed by atoms with Crippen molar-refractivity contribution < 1.29 is 9.53 Å². The number of ether oxygens (including phenoxy) is 1. The maximum absolute atomic E-state index is 12.5. The maximum Gasteiger partial charge on any atom is 0.268 e. The molecule has 1 aromatic carbocycles. The third-order valence-electron chi connectivity index (χ3n) is 4.70. The summed E-state index contributed by atoms with van der Waals surface area (Å²) in [5.74, 6) is -0.259. The van der Waals surface area contributed by atoms with Crippen LogP contribution in [-0.4, -0.2) is 54.2 Å². The Morgan fingerprint density at radius 3 is 2.71 bits per heavy atom. The number of morpholine rings is 1. The number of benzene rings is 1. The van der Waals surface area contributed by atoms with Crippen LogP contribution in [0, 0.1) is 0 Å². The summed E-state index contributed by atoms with van der Waals surface area (Å²) in [6.07, 6.45) is 0. The van der Waals surface area contributed by atoms with Crippen LogP contribution in [0.5, 0.6) is 0 Å². The van der Waals surface area contributed by atoms with Crippen molar-refractivity contribution in [2.75, 3.05) is 26.3 Å². The summed E-state index contributed by atoms with van der Waals surface area (Å²) in [4.78, 5) is 29.6. The molecule has 6 nitrogen and oxygen atoms in total. The predicted octanol–water partition coefficient (Wildman–Crippen LogP) is 1.37. The molecule has 2 aromatic rings. The Morgan fingerprint density at radius 2 is 1.96 bits per heavy atom. The van der Waals surface area contributed by atoms with E-state index in [1.165, 1.54) is 0 Å². The number of amides is 1. The van der Waals surface area contributed by atoms with Crippen LogP contribution in [0.2, 0.25) is 0 Å². The fourth-order valence-electron chi connectivity index (χ4n) is 3.04. The molecular formula is C18H23N3O3. The highest BCUT2D eigenvalue weighted by Crippen LogP contribution is 2.11. The van der Waals surface area contributed by atoms with Gasteiger partial charge in [-0.1, -0.05) is 18.2 Å². The Bertz CT molecular complexity index is 780. The summed E-state index contributed by atoms with van der Waals surface area (Å²) in [6, 6.07) is 9.13. The van der Waals surface area contributed by atoms with Crippen molar-refractivity contribution in [3.8, 4) is 0 Å². The van der Waals surface area contributed by atoms with Crippen molar-refractivity contribution in [3.05, 3.63) is 46.4 Å². The van der Waals surface area contributed by atoms with Gasteiger partial charge in [0.25, 0.3) is 11.5 Å². The molecule has 2 atom stereocenters. The van der Waals surface area contributed by atoms with E-state index in [1.807, 2.05) is 25.1 Å². The van der Waals surface area contributed by atoms with Gasteiger partial charge in [0.1, 0.15) is 5.69 Å². The average molecular weight is 329 g/mol. The van der Waals surface area contributed by atoms with Crippen LogP contribution in [0.4, 0.5) is 0 Å². The molecule has 1 aliphatic heterocycles. The smallest absolute Gasteiger partial charge is 0.268 e. The van der Waals surface area contributed by atoms with Crippen LogP contribution in [0.1, 0.15) is 24.3 Å². The Hall–Kier alpha value is -2.18. The molecule has 6 heteroatoms. The molecule has 24 heavy (non-hydrogen) atoms. The molecule has 1 fully saturated rings. The molecule has 1 amide bonds. The fraction of sp³-hybridized carbons (Fsp3) is 0.444. The number of nitrogens with zero attached hydrogens (tertiary/aromatic N) is 1. The van der Waals surface area contributed by atoms with Gasteiger partial charge in [-0.3, -0.25) is 14.5 Å². The lowest BCUT2D eigenvalue weighted by Gasteiger charge is -2.35. The zero-order valence-electron chi connectivity index (χ0n) is 14.0. The van der Waals surface area contributed by atoms with Crippen LogP contribution >= 0.6 is 0 Å². The van der Waals surface area contributed by atoms with Crippen molar-refractivity contribution in [3.63, 3.8) is 0 Å². The first kappa shape index (κ1) is 16.7. The van der Waals surface area contributed by atoms with Crippen molar-refractivity contribution >= 4 is 16.7 Å². The molecule has 0 bridgehead atoms. The number of rotatable bonds is 4. The van der Waals surface area contributed by atoms with Crippen LogP contribution < -0.4 is 10.9 Å². The molecule has 2 heterocycles. The minimum atomic E-state index is -0.259. The Morgan fingerprint density at radius 1 is 1.25 bits per heavy atom. The van der Waals surface area contributed by atoms with Crippen LogP contribution in [0.3, 0.4) is 0 Å². The van der Waals surface area contributed by atoms with E-state index < -0.39 is 0 Å². The first-order chi connectivity index (χ1) is 11.6. The number of fused-ring (bicyclic) bond motifs is 1. The molecule has 3 rings (SSSR count). The molecule has 1 saturated heterocycles. The second kappa shape index (κ2) is 7.15. The quantitative estimate of drug-likeness (QED) is 0.888. The van der Waals surface area contributed by atoms with Gasteiger partial charge >= 0.3 is 0 Å². The van der Waals surface area contributed by atoms with Crippen molar-refractivity contribution in [2.24, 2.45) is 0 Å². The van der Waals surface area contributed by atoms with Gasteiger partial charge in [-0.25, -0.2) is 0 Å². The fourth-order valence-corrected chi connectivity index (χ4v) is 3.04. The number of carbonyl (C=O) groups excluding carboxylic acids is 1. The number of H-pyrrole nitrogens is 1. The Balaban J connectivity index is 1.73. The standard InChI is InChI=1S/C18H23N3O3/c1-12(13(2)21-7-9-24-10-8-21)19-18(23)16-11-14-5-3-4-6-15(14)17(22)20-16/h3-6,11-13H,7-10H2,1-2H3,(H,19,23)(H,20,22)/t12-,13+/m1/s1. The lowest BCUT2D eigenvalue weighted by molar-refractivity contribution is 0.0137. The molecule has 1 aromatic heterocycles. The van der Waals surface area contributed by atoms with Crippen molar-refractivity contribution in [1.29, 1.82) is 0 Å². The highest BCUT2D eigenvalue weighted by molar-refractivity contribution is 5.96. The van der Waals surface area contributed by atoms with Crippen LogP contribution in [0.15, 0.2) is 35.1 Å². The average Bonchev–Trinajstić information content (AvgIpc) is 2.61. The van der Waals surface area contributed by atoms with Gasteiger partial charge in [0.2, 0.25) is 0 Å². The lowest BCUT2D eigenvalue weighted by Crippen LogP contribution is -2.52. The zero-order valence-corrected chi connectivity index (χ0v) is 14.0. The van der Waals surface area contributed by atoms with E-state index in [2.05, 4.69) is 22.1 Å². The number of carbonyl (C=O) groups is 1. The van der Waals surface area contributed by atoms with Crippen molar-refractivity contribution in [2.45, 2.75) is 25.9 Å². The molecule has 128 valence electrons. The number of aromatic amines is 1. The number of nitrogens with one attached hydrogen (secondary N) is 2. The number of hydrogen-bond acceptors (Lipinski definition) is 4. The zero-order chi connectivity index (χ0) is 17.1. The predicted molar refractivity (Wildman–Crippen MR) is 93.4 cm³/mol. The highest BCUT2D eigenvalue weighted by atomic mass is 16.5. The summed E-state index contributed by atoms with van der Waals surface area (Å²) in [5, 5.41) is 4.34. The van der Waals surface area contributed by atoms with Gasteiger partial charge in [0.15, 0.2) is 0 Å². The Kier molecular flexibility index (Phi) is 4.97. The first-order valence-corrected chi connectivity index (χ1v) is 8.31. The van der Waals surface area contributed by atoms with Gasteiger partial charge < -0.3 is 15.0 Å². The molecule has 0 aliphatic carbocycles. The molecule has 0 radical (unpaired) electrons. The number of hydrogen-bond donors (Lipinski definition) is 2. The van der Waals surface area contributed by atoms with E-state index in [0.29, 0.717) is 11.1 Å². The van der Waals surface area contributed by atoms with Gasteiger partial charge in [-0.15, -0.1) is 0 Å². The minimum Gasteiger partial charge on any atom is -0.379 e. The third kappa shape index (κ3) is 3.49. The van der Waals surface area contributed by atoms with E-state index in [0.717, 1.165) is 31.7 Å². The molecule has 0 spiro atoms. The second-order valence-corrected chi connectivity index (χ2v) is 6.25. The first-order valence-electron chi connectivity index (χ1n) is 8.31. The highest BCUT2D eigenvalue weighted by Gasteiger charge is 2.23. The second-order valence-electron chi connectivity index (χ2n) is 6.25. The summed E-state index contributed by atoms with van der Waals surface area (Å²) in [7, 11) is 0. The maximum atomic E-state index is 12.5. The van der Waals surface area contributed by atoms with Crippen LogP contribution in [0.25, 0.3) is 10.8 Å². The van der Waals surface area contributed by atoms with Gasteiger partial charge in [-0.2, -0.15) is 0 Å². The molecule has 0 saturated carbocycles. The summed E-state index contributed by atoms with van der Waals surface area (Å²) in [5.41, 5.74) is 0.0480. The van der Waals surface area contributed by atoms with E-state index in [4.69, 9.17) is 4.74 Å². The summed E-state index contributed by atoms with van der Waals surface area (Å²) in [6.45, 7) is 7.27. The van der Waals surface area contributed by atoms with E-state index >= 15 is 0 Å². The van der Waals surface area contributed by atoms with Crippen LogP contribution in [-0.2, 0) is 4.74 Å². The van der Waals surface area contributed by atoms with Crippen molar-refractivity contribution in [1.82, 2.24) is 15.2 Å². The SMILES string of the molecule is C[C@@H](NC(=O)c1cc2ccccc2c(=O)[nH]1)[C@H](C)N1CCOCC1. The van der Waals surface area contributed by atoms with Gasteiger partial charge in [-0.05, 0) is 31.4 Å². The summed E-state index contributed by atoms with van der Waals surface area (Å²) < 4.78 is 5.37. The van der Waals surface area contributed by atoms with Gasteiger partial charge in [0, 0.05) is 30.6 Å². The summed E-state index contributed by atoms with van der Waals surface area (Å²) >= 11 is 0. The lowest BCUT2D eigenvalue weighted by atomic mass is 10.1. The largest absolute Gasteiger partial charge is 0.379 e. The number of aromatic nitrogens is 1. The normalized spacial score (nSPS) is 18.2. The van der Waals surface area contributed by atoms with Gasteiger partial charge in [0.05, 0.1) is 13.2 Å². The van der Waals surface area contributed by atoms with E-state index in [1.54, 1.807) is 12.1 Å². The number of pyridine rings is 1. The molecule has 2 N–H and O–H groups in total. The Labute approximate surface area is 140 Å². The monoisotopic (exact) mass is 329 g/mol. The molecule has 1 aliphatic rings.